The molecule has 0 saturated carbocycles. The lowest BCUT2D eigenvalue weighted by atomic mass is 10.1. The van der Waals surface area contributed by atoms with E-state index in [4.69, 9.17) is 10.8 Å². The van der Waals surface area contributed by atoms with E-state index in [1.807, 2.05) is 20.8 Å². The summed E-state index contributed by atoms with van der Waals surface area (Å²) >= 11 is 0. The third-order valence-electron chi connectivity index (χ3n) is 3.22. The number of hydrogen-bond donors (Lipinski definition) is 2. The molecule has 0 aromatic heterocycles. The highest BCUT2D eigenvalue weighted by atomic mass is 16.4. The lowest BCUT2D eigenvalue weighted by molar-refractivity contribution is -0.138. The van der Waals surface area contributed by atoms with Crippen molar-refractivity contribution in [3.63, 3.8) is 0 Å². The normalized spacial score (nSPS) is 20.0. The molecule has 1 saturated heterocycles. The van der Waals surface area contributed by atoms with Crippen molar-refractivity contribution >= 4 is 12.0 Å². The number of carbonyl (C=O) groups excluding carboxylic acids is 1. The van der Waals surface area contributed by atoms with Crippen LogP contribution in [0.15, 0.2) is 0 Å². The summed E-state index contributed by atoms with van der Waals surface area (Å²) in [5, 5.41) is 8.90. The number of carboxylic acid groups (broad SMARTS) is 1. The van der Waals surface area contributed by atoms with E-state index in [1.54, 1.807) is 4.90 Å². The molecule has 18 heavy (non-hydrogen) atoms. The standard InChI is InChI=1S/C12H23N3O3/c1-12(2,3)15(8-10(16)17)11(18)14-5-4-9(6-13)7-14/h9H,4-8,13H2,1-3H3,(H,16,17). The van der Waals surface area contributed by atoms with Crippen molar-refractivity contribution in [3.8, 4) is 0 Å². The molecule has 1 atom stereocenters. The zero-order valence-electron chi connectivity index (χ0n) is 11.3. The Bertz CT molecular complexity index is 325. The number of aliphatic carboxylic acids is 1. The summed E-state index contributed by atoms with van der Waals surface area (Å²) in [6.07, 6.45) is 0.896. The Morgan fingerprint density at radius 2 is 2.06 bits per heavy atom. The first-order valence-corrected chi connectivity index (χ1v) is 6.24. The van der Waals surface area contributed by atoms with Gasteiger partial charge in [-0.05, 0) is 39.7 Å². The number of likely N-dealkylation sites (tertiary alicyclic amines) is 1. The summed E-state index contributed by atoms with van der Waals surface area (Å²) in [6.45, 7) is 7.10. The van der Waals surface area contributed by atoms with Gasteiger partial charge in [0.25, 0.3) is 0 Å². The van der Waals surface area contributed by atoms with Crippen LogP contribution in [0.25, 0.3) is 0 Å². The van der Waals surface area contributed by atoms with Gasteiger partial charge in [-0.2, -0.15) is 0 Å². The number of rotatable bonds is 3. The smallest absolute Gasteiger partial charge is 0.323 e. The van der Waals surface area contributed by atoms with Crippen molar-refractivity contribution in [2.24, 2.45) is 11.7 Å². The fourth-order valence-corrected chi connectivity index (χ4v) is 2.10. The van der Waals surface area contributed by atoms with E-state index in [9.17, 15) is 9.59 Å². The van der Waals surface area contributed by atoms with E-state index in [-0.39, 0.29) is 12.6 Å². The maximum Gasteiger partial charge on any atom is 0.323 e. The highest BCUT2D eigenvalue weighted by Crippen LogP contribution is 2.21. The van der Waals surface area contributed by atoms with Gasteiger partial charge in [-0.25, -0.2) is 4.79 Å². The summed E-state index contributed by atoms with van der Waals surface area (Å²) in [5.74, 6) is -0.659. The van der Waals surface area contributed by atoms with Gasteiger partial charge in [0.1, 0.15) is 6.54 Å². The number of nitrogens with two attached hydrogens (primary N) is 1. The van der Waals surface area contributed by atoms with Crippen LogP contribution in [-0.4, -0.2) is 58.6 Å². The summed E-state index contributed by atoms with van der Waals surface area (Å²) in [6, 6.07) is -0.208. The highest BCUT2D eigenvalue weighted by molar-refractivity contribution is 5.81. The van der Waals surface area contributed by atoms with Crippen LogP contribution in [0, 0.1) is 5.92 Å². The van der Waals surface area contributed by atoms with Gasteiger partial charge in [0.2, 0.25) is 0 Å². The number of nitrogens with zero attached hydrogens (tertiary/aromatic N) is 2. The van der Waals surface area contributed by atoms with Crippen molar-refractivity contribution in [2.75, 3.05) is 26.2 Å². The molecule has 1 fully saturated rings. The average Bonchev–Trinajstić information content (AvgIpc) is 2.71. The van der Waals surface area contributed by atoms with Gasteiger partial charge in [-0.3, -0.25) is 4.79 Å². The minimum Gasteiger partial charge on any atom is -0.480 e. The van der Waals surface area contributed by atoms with Crippen LogP contribution in [0.4, 0.5) is 4.79 Å². The zero-order valence-corrected chi connectivity index (χ0v) is 11.3. The van der Waals surface area contributed by atoms with E-state index in [1.165, 1.54) is 4.90 Å². The van der Waals surface area contributed by atoms with Crippen molar-refractivity contribution in [2.45, 2.75) is 32.7 Å². The minimum absolute atomic E-state index is 0.208. The van der Waals surface area contributed by atoms with Crippen LogP contribution < -0.4 is 5.73 Å². The topological polar surface area (TPSA) is 86.9 Å². The van der Waals surface area contributed by atoms with E-state index in [0.29, 0.717) is 25.6 Å². The second kappa shape index (κ2) is 5.56. The molecular formula is C12H23N3O3. The first-order valence-electron chi connectivity index (χ1n) is 6.24. The molecule has 0 aromatic carbocycles. The van der Waals surface area contributed by atoms with Gasteiger partial charge in [-0.15, -0.1) is 0 Å². The van der Waals surface area contributed by atoms with Crippen LogP contribution >= 0.6 is 0 Å². The quantitative estimate of drug-likeness (QED) is 0.774. The number of carboxylic acids is 1. The molecule has 3 N–H and O–H groups in total. The molecule has 1 aliphatic heterocycles. The number of amides is 2. The van der Waals surface area contributed by atoms with Crippen molar-refractivity contribution < 1.29 is 14.7 Å². The minimum atomic E-state index is -0.993. The third-order valence-corrected chi connectivity index (χ3v) is 3.22. The number of carbonyl (C=O) groups is 2. The molecule has 6 nitrogen and oxygen atoms in total. The molecule has 0 spiro atoms. The molecule has 104 valence electrons. The van der Waals surface area contributed by atoms with Gasteiger partial charge < -0.3 is 20.6 Å². The first kappa shape index (κ1) is 14.8. The van der Waals surface area contributed by atoms with Crippen molar-refractivity contribution in [3.05, 3.63) is 0 Å². The monoisotopic (exact) mass is 257 g/mol. The Morgan fingerprint density at radius 3 is 2.44 bits per heavy atom. The van der Waals surface area contributed by atoms with Gasteiger partial charge >= 0.3 is 12.0 Å². The maximum atomic E-state index is 12.3. The van der Waals surface area contributed by atoms with Crippen molar-refractivity contribution in [1.82, 2.24) is 9.80 Å². The summed E-state index contributed by atoms with van der Waals surface area (Å²) in [7, 11) is 0. The number of urea groups is 1. The van der Waals surface area contributed by atoms with Crippen LogP contribution in [0.3, 0.4) is 0 Å². The predicted molar refractivity (Wildman–Crippen MR) is 68.2 cm³/mol. The Balaban J connectivity index is 2.74. The van der Waals surface area contributed by atoms with Gasteiger partial charge in [0.05, 0.1) is 0 Å². The predicted octanol–water partition coefficient (Wildman–Crippen LogP) is 0.572. The molecule has 1 unspecified atom stereocenters. The molecule has 0 bridgehead atoms. The molecule has 0 radical (unpaired) electrons. The Kier molecular flexibility index (Phi) is 4.56. The van der Waals surface area contributed by atoms with E-state index < -0.39 is 11.5 Å². The Morgan fingerprint density at radius 1 is 1.44 bits per heavy atom. The van der Waals surface area contributed by atoms with Gasteiger partial charge in [0.15, 0.2) is 0 Å². The van der Waals surface area contributed by atoms with Gasteiger partial charge in [-0.1, -0.05) is 0 Å². The summed E-state index contributed by atoms with van der Waals surface area (Å²) in [5.41, 5.74) is 5.09. The van der Waals surface area contributed by atoms with Crippen LogP contribution in [0.1, 0.15) is 27.2 Å². The molecule has 1 aliphatic rings. The first-order chi connectivity index (χ1) is 8.25. The van der Waals surface area contributed by atoms with E-state index in [0.717, 1.165) is 6.42 Å². The lowest BCUT2D eigenvalue weighted by Crippen LogP contribution is -2.53. The van der Waals surface area contributed by atoms with Crippen molar-refractivity contribution in [1.29, 1.82) is 0 Å². The van der Waals surface area contributed by atoms with E-state index in [2.05, 4.69) is 0 Å². The summed E-state index contributed by atoms with van der Waals surface area (Å²) < 4.78 is 0. The molecule has 0 aliphatic carbocycles. The number of hydrogen-bond acceptors (Lipinski definition) is 3. The van der Waals surface area contributed by atoms with E-state index >= 15 is 0 Å². The second-order valence-corrected chi connectivity index (χ2v) is 5.77. The van der Waals surface area contributed by atoms with Crippen LogP contribution in [0.2, 0.25) is 0 Å². The largest absolute Gasteiger partial charge is 0.480 e. The fourth-order valence-electron chi connectivity index (χ4n) is 2.10. The highest BCUT2D eigenvalue weighted by Gasteiger charge is 2.34. The molecule has 1 heterocycles. The SMILES string of the molecule is CC(C)(C)N(CC(=O)O)C(=O)N1CCC(CN)C1. The zero-order chi connectivity index (χ0) is 13.9. The Labute approximate surface area is 108 Å². The average molecular weight is 257 g/mol. The Hall–Kier alpha value is -1.30. The third kappa shape index (κ3) is 3.60. The van der Waals surface area contributed by atoms with Gasteiger partial charge in [0, 0.05) is 18.6 Å². The molecular weight excluding hydrogens is 234 g/mol. The van der Waals surface area contributed by atoms with Crippen LogP contribution in [-0.2, 0) is 4.79 Å². The molecule has 2 amide bonds. The molecule has 0 aromatic rings. The maximum absolute atomic E-state index is 12.3. The fraction of sp³-hybridized carbons (Fsp3) is 0.833. The van der Waals surface area contributed by atoms with Crippen LogP contribution in [0.5, 0.6) is 0 Å². The molecule has 6 heteroatoms. The second-order valence-electron chi connectivity index (χ2n) is 5.77. The summed E-state index contributed by atoms with van der Waals surface area (Å²) in [4.78, 5) is 26.3. The lowest BCUT2D eigenvalue weighted by Gasteiger charge is -2.37. The molecule has 1 rings (SSSR count).